The highest BCUT2D eigenvalue weighted by Gasteiger charge is 2.17. The number of aryl methyl sites for hydroxylation is 1. The number of amides is 1. The number of carbonyl (C=O) groups is 1. The Kier molecular flexibility index (Phi) is 4.58. The Morgan fingerprint density at radius 3 is 3.05 bits per heavy atom. The lowest BCUT2D eigenvalue weighted by molar-refractivity contribution is 0.0954. The minimum atomic E-state index is -0.915. The molecular weight excluding hydrogens is 260 g/mol. The lowest BCUT2D eigenvalue weighted by Gasteiger charge is -2.21. The third-order valence-electron chi connectivity index (χ3n) is 3.44. The van der Waals surface area contributed by atoms with Gasteiger partial charge in [0.2, 0.25) is 0 Å². The van der Waals surface area contributed by atoms with Gasteiger partial charge in [0, 0.05) is 35.4 Å². The third kappa shape index (κ3) is 3.35. The predicted octanol–water partition coefficient (Wildman–Crippen LogP) is 1.54. The second-order valence-corrected chi connectivity index (χ2v) is 6.69. The Balaban J connectivity index is 2.09. The molecule has 0 bridgehead atoms. The third-order valence-corrected chi connectivity index (χ3v) is 4.74. The number of hydrogen-bond donors (Lipinski definition) is 2. The van der Waals surface area contributed by atoms with Crippen LogP contribution in [-0.2, 0) is 17.2 Å². The van der Waals surface area contributed by atoms with E-state index in [1.165, 1.54) is 5.56 Å². The molecule has 4 nitrogen and oxygen atoms in total. The van der Waals surface area contributed by atoms with Crippen LogP contribution < -0.4 is 10.6 Å². The van der Waals surface area contributed by atoms with Gasteiger partial charge in [-0.25, -0.2) is 0 Å². The van der Waals surface area contributed by atoms with Crippen molar-refractivity contribution >= 4 is 22.4 Å². The number of carbonyl (C=O) groups excluding carboxylic acids is 1. The highest BCUT2D eigenvalue weighted by Crippen LogP contribution is 2.25. The van der Waals surface area contributed by atoms with Gasteiger partial charge in [-0.15, -0.1) is 0 Å². The van der Waals surface area contributed by atoms with Crippen LogP contribution in [0.5, 0.6) is 0 Å². The van der Waals surface area contributed by atoms with Gasteiger partial charge >= 0.3 is 0 Å². The van der Waals surface area contributed by atoms with Crippen LogP contribution >= 0.6 is 0 Å². The molecule has 0 saturated carbocycles. The zero-order valence-electron chi connectivity index (χ0n) is 11.4. The van der Waals surface area contributed by atoms with Gasteiger partial charge in [-0.2, -0.15) is 0 Å². The zero-order valence-corrected chi connectivity index (χ0v) is 12.2. The summed E-state index contributed by atoms with van der Waals surface area (Å²) in [5.41, 5.74) is 2.84. The molecule has 1 aliphatic heterocycles. The first-order chi connectivity index (χ1) is 9.09. The molecule has 0 fully saturated rings. The van der Waals surface area contributed by atoms with Crippen molar-refractivity contribution in [2.45, 2.75) is 25.0 Å². The molecular formula is C14H20N2O2S. The molecule has 104 valence electrons. The Bertz CT molecular complexity index is 502. The topological polar surface area (TPSA) is 58.2 Å². The highest BCUT2D eigenvalue weighted by atomic mass is 32.2. The van der Waals surface area contributed by atoms with Gasteiger partial charge in [0.1, 0.15) is 0 Å². The number of para-hydroxylation sites is 1. The summed E-state index contributed by atoms with van der Waals surface area (Å²) < 4.78 is 11.3. The number of rotatable bonds is 4. The van der Waals surface area contributed by atoms with E-state index in [-0.39, 0.29) is 11.2 Å². The standard InChI is InChI=1S/C14H20N2O2S/c1-10(19(2)18)9-16-14(17)12-7-3-5-11-6-4-8-15-13(11)12/h3,5,7,10,15H,4,6,8-9H2,1-2H3,(H,16,17). The molecule has 0 aliphatic carbocycles. The van der Waals surface area contributed by atoms with Gasteiger partial charge < -0.3 is 10.6 Å². The van der Waals surface area contributed by atoms with E-state index in [2.05, 4.69) is 16.7 Å². The first kappa shape index (κ1) is 14.1. The molecule has 1 amide bonds. The maximum absolute atomic E-state index is 12.2. The van der Waals surface area contributed by atoms with Crippen LogP contribution in [-0.4, -0.2) is 34.7 Å². The van der Waals surface area contributed by atoms with Crippen LogP contribution in [0, 0.1) is 0 Å². The molecule has 0 radical (unpaired) electrons. The fraction of sp³-hybridized carbons (Fsp3) is 0.500. The average Bonchev–Trinajstić information content (AvgIpc) is 2.43. The van der Waals surface area contributed by atoms with Crippen molar-refractivity contribution in [3.63, 3.8) is 0 Å². The lowest BCUT2D eigenvalue weighted by atomic mass is 9.99. The summed E-state index contributed by atoms with van der Waals surface area (Å²) >= 11 is 0. The van der Waals surface area contributed by atoms with Gasteiger partial charge in [0.25, 0.3) is 5.91 Å². The van der Waals surface area contributed by atoms with Crippen LogP contribution in [0.3, 0.4) is 0 Å². The molecule has 5 heteroatoms. The molecule has 2 N–H and O–H groups in total. The summed E-state index contributed by atoms with van der Waals surface area (Å²) in [7, 11) is -0.915. The summed E-state index contributed by atoms with van der Waals surface area (Å²) in [4.78, 5) is 12.2. The fourth-order valence-electron chi connectivity index (χ4n) is 2.15. The number of benzene rings is 1. The molecule has 19 heavy (non-hydrogen) atoms. The van der Waals surface area contributed by atoms with E-state index < -0.39 is 10.8 Å². The average molecular weight is 280 g/mol. The number of anilines is 1. The second-order valence-electron chi connectivity index (χ2n) is 4.89. The van der Waals surface area contributed by atoms with Crippen molar-refractivity contribution in [1.29, 1.82) is 0 Å². The first-order valence-corrected chi connectivity index (χ1v) is 8.18. The van der Waals surface area contributed by atoms with Gasteiger partial charge in [0.05, 0.1) is 11.3 Å². The van der Waals surface area contributed by atoms with Crippen LogP contribution in [0.25, 0.3) is 0 Å². The summed E-state index contributed by atoms with van der Waals surface area (Å²) in [6.07, 6.45) is 3.77. The fourth-order valence-corrected chi connectivity index (χ4v) is 2.47. The number of nitrogens with one attached hydrogen (secondary N) is 2. The summed E-state index contributed by atoms with van der Waals surface area (Å²) in [6.45, 7) is 3.22. The largest absolute Gasteiger partial charge is 0.384 e. The van der Waals surface area contributed by atoms with Crippen molar-refractivity contribution in [3.8, 4) is 0 Å². The quantitative estimate of drug-likeness (QED) is 0.879. The first-order valence-electron chi connectivity index (χ1n) is 6.56. The lowest BCUT2D eigenvalue weighted by Crippen LogP contribution is -2.33. The summed E-state index contributed by atoms with van der Waals surface area (Å²) in [5, 5.41) is 6.13. The summed E-state index contributed by atoms with van der Waals surface area (Å²) in [6, 6.07) is 5.81. The van der Waals surface area contributed by atoms with E-state index in [1.54, 1.807) is 6.26 Å². The van der Waals surface area contributed by atoms with E-state index in [0.717, 1.165) is 25.1 Å². The van der Waals surface area contributed by atoms with E-state index in [9.17, 15) is 9.00 Å². The second kappa shape index (κ2) is 6.19. The minimum Gasteiger partial charge on any atom is -0.384 e. The van der Waals surface area contributed by atoms with Crippen LogP contribution in [0.15, 0.2) is 18.2 Å². The van der Waals surface area contributed by atoms with Crippen LogP contribution in [0.1, 0.15) is 29.3 Å². The molecule has 1 aliphatic rings. The van der Waals surface area contributed by atoms with Crippen molar-refractivity contribution < 1.29 is 9.00 Å². The zero-order chi connectivity index (χ0) is 13.8. The van der Waals surface area contributed by atoms with Crippen LogP contribution in [0.4, 0.5) is 5.69 Å². The predicted molar refractivity (Wildman–Crippen MR) is 79.1 cm³/mol. The monoisotopic (exact) mass is 280 g/mol. The van der Waals surface area contributed by atoms with E-state index in [4.69, 9.17) is 0 Å². The minimum absolute atomic E-state index is 0.0311. The smallest absolute Gasteiger partial charge is 0.253 e. The normalized spacial score (nSPS) is 16.9. The molecule has 2 rings (SSSR count). The Morgan fingerprint density at radius 2 is 2.32 bits per heavy atom. The number of fused-ring (bicyclic) bond motifs is 1. The molecule has 0 saturated heterocycles. The molecule has 0 aromatic heterocycles. The molecule has 1 aromatic carbocycles. The van der Waals surface area contributed by atoms with Crippen molar-refractivity contribution in [1.82, 2.24) is 5.32 Å². The maximum Gasteiger partial charge on any atom is 0.253 e. The maximum atomic E-state index is 12.2. The van der Waals surface area contributed by atoms with E-state index in [1.807, 2.05) is 19.1 Å². The van der Waals surface area contributed by atoms with Gasteiger partial charge in [-0.05, 0) is 31.4 Å². The van der Waals surface area contributed by atoms with E-state index in [0.29, 0.717) is 12.1 Å². The van der Waals surface area contributed by atoms with Crippen molar-refractivity contribution in [3.05, 3.63) is 29.3 Å². The molecule has 1 aromatic rings. The SMILES string of the molecule is CC(CNC(=O)c1cccc2c1NCCC2)S(C)=O. The van der Waals surface area contributed by atoms with Crippen LogP contribution in [0.2, 0.25) is 0 Å². The van der Waals surface area contributed by atoms with Gasteiger partial charge in [-0.3, -0.25) is 9.00 Å². The highest BCUT2D eigenvalue weighted by molar-refractivity contribution is 7.84. The summed E-state index contributed by atoms with van der Waals surface area (Å²) in [5.74, 6) is -0.0939. The van der Waals surface area contributed by atoms with Gasteiger partial charge in [-0.1, -0.05) is 12.1 Å². The Morgan fingerprint density at radius 1 is 1.53 bits per heavy atom. The van der Waals surface area contributed by atoms with Gasteiger partial charge in [0.15, 0.2) is 0 Å². The van der Waals surface area contributed by atoms with Crippen molar-refractivity contribution in [2.75, 3.05) is 24.7 Å². The molecule has 2 unspecified atom stereocenters. The Labute approximate surface area is 116 Å². The van der Waals surface area contributed by atoms with Crippen molar-refractivity contribution in [2.24, 2.45) is 0 Å². The van der Waals surface area contributed by atoms with E-state index >= 15 is 0 Å². The number of hydrogen-bond acceptors (Lipinski definition) is 3. The molecule has 2 atom stereocenters. The Hall–Kier alpha value is -1.36. The molecule has 1 heterocycles. The molecule has 0 spiro atoms.